The molecule has 2 rings (SSSR count). The molecule has 0 amide bonds. The molecule has 8 nitrogen and oxygen atoms in total. The molecule has 1 atom stereocenters. The van der Waals surface area contributed by atoms with Crippen LogP contribution >= 0.6 is 0 Å². The van der Waals surface area contributed by atoms with E-state index in [4.69, 9.17) is 9.47 Å². The van der Waals surface area contributed by atoms with E-state index in [-0.39, 0.29) is 29.3 Å². The van der Waals surface area contributed by atoms with Gasteiger partial charge < -0.3 is 19.5 Å². The monoisotopic (exact) mass is 500 g/mol. The lowest BCUT2D eigenvalue weighted by atomic mass is 9.89. The normalized spacial score (nSPS) is 16.1. The third kappa shape index (κ3) is 8.48. The summed E-state index contributed by atoms with van der Waals surface area (Å²) >= 11 is 0. The summed E-state index contributed by atoms with van der Waals surface area (Å²) in [5, 5.41) is 14.6. The van der Waals surface area contributed by atoms with E-state index in [1.165, 1.54) is 38.5 Å². The van der Waals surface area contributed by atoms with Crippen molar-refractivity contribution in [3.8, 4) is 5.75 Å². The number of rotatable bonds is 12. The minimum absolute atomic E-state index is 0.0990. The van der Waals surface area contributed by atoms with Gasteiger partial charge in [0.2, 0.25) is 0 Å². The number of nitrogens with zero attached hydrogens (tertiary/aromatic N) is 1. The number of alkyl halides is 3. The van der Waals surface area contributed by atoms with Crippen molar-refractivity contribution in [3.63, 3.8) is 0 Å². The Morgan fingerprint density at radius 3 is 2.31 bits per heavy atom. The standard InChI is InChI=1S/C24H31F3N2O6/c1-4-5-6-7-8-9-12-15-33-23(30)34-22-17(3)28-16(2)21(29(31)32)20(22)18-13-10-11-14-19(18)35-24(25,26)27/h10-11,13-14,20,28H,4-9,12,15H2,1-3H3. The number of halogens is 3. The fraction of sp³-hybridized carbons (Fsp3) is 0.542. The van der Waals surface area contributed by atoms with Crippen molar-refractivity contribution in [1.82, 2.24) is 5.32 Å². The lowest BCUT2D eigenvalue weighted by Gasteiger charge is -2.27. The number of para-hydroxylation sites is 1. The summed E-state index contributed by atoms with van der Waals surface area (Å²) in [5.74, 6) is -2.30. The van der Waals surface area contributed by atoms with Gasteiger partial charge in [0.25, 0.3) is 5.70 Å². The first-order valence-electron chi connectivity index (χ1n) is 11.6. The molecule has 194 valence electrons. The van der Waals surface area contributed by atoms with E-state index in [2.05, 4.69) is 17.0 Å². The molecule has 1 N–H and O–H groups in total. The predicted octanol–water partition coefficient (Wildman–Crippen LogP) is 6.92. The molecular weight excluding hydrogens is 469 g/mol. The van der Waals surface area contributed by atoms with Crippen LogP contribution in [0.2, 0.25) is 0 Å². The fourth-order valence-electron chi connectivity index (χ4n) is 3.90. The van der Waals surface area contributed by atoms with Crippen molar-refractivity contribution >= 4 is 6.16 Å². The molecule has 0 saturated carbocycles. The molecule has 0 spiro atoms. The molecule has 0 aliphatic carbocycles. The Kier molecular flexibility index (Phi) is 10.4. The molecule has 1 aromatic rings. The second-order valence-corrected chi connectivity index (χ2v) is 8.22. The molecular formula is C24H31F3N2O6. The van der Waals surface area contributed by atoms with Crippen LogP contribution < -0.4 is 10.1 Å². The molecule has 1 unspecified atom stereocenters. The van der Waals surface area contributed by atoms with Crippen molar-refractivity contribution < 1.29 is 37.1 Å². The number of nitrogens with one attached hydrogen (secondary N) is 1. The Labute approximate surface area is 202 Å². The van der Waals surface area contributed by atoms with Crippen LogP contribution in [0.3, 0.4) is 0 Å². The van der Waals surface area contributed by atoms with Gasteiger partial charge in [0, 0.05) is 5.56 Å². The summed E-state index contributed by atoms with van der Waals surface area (Å²) in [6.07, 6.45) is 1.00. The number of carbonyl (C=O) groups excluding carboxylic acids is 1. The van der Waals surface area contributed by atoms with Crippen LogP contribution in [0.5, 0.6) is 5.75 Å². The molecule has 0 radical (unpaired) electrons. The zero-order chi connectivity index (χ0) is 26.0. The summed E-state index contributed by atoms with van der Waals surface area (Å²) < 4.78 is 53.5. The molecule has 35 heavy (non-hydrogen) atoms. The van der Waals surface area contributed by atoms with Gasteiger partial charge in [-0.15, -0.1) is 13.2 Å². The molecule has 1 aliphatic heterocycles. The van der Waals surface area contributed by atoms with Crippen LogP contribution in [-0.4, -0.2) is 24.0 Å². The first kappa shape index (κ1) is 28.0. The first-order valence-corrected chi connectivity index (χ1v) is 11.6. The highest BCUT2D eigenvalue weighted by atomic mass is 19.4. The van der Waals surface area contributed by atoms with Gasteiger partial charge in [-0.05, 0) is 26.3 Å². The number of unbranched alkanes of at least 4 members (excludes halogenated alkanes) is 6. The van der Waals surface area contributed by atoms with Gasteiger partial charge in [-0.3, -0.25) is 10.1 Å². The van der Waals surface area contributed by atoms with Gasteiger partial charge in [0.05, 0.1) is 22.9 Å². The smallest absolute Gasteiger partial charge is 0.434 e. The SMILES string of the molecule is CCCCCCCCCOC(=O)OC1=C(C)NC(C)=C([N+](=O)[O-])C1c1ccccc1OC(F)(F)F. The van der Waals surface area contributed by atoms with Gasteiger partial charge in [0.15, 0.2) is 0 Å². The Bertz CT molecular complexity index is 959. The Morgan fingerprint density at radius 1 is 1.06 bits per heavy atom. The maximum atomic E-state index is 13.0. The summed E-state index contributed by atoms with van der Waals surface area (Å²) in [4.78, 5) is 23.5. The fourth-order valence-corrected chi connectivity index (χ4v) is 3.90. The molecule has 0 aromatic heterocycles. The average molecular weight is 501 g/mol. The number of allylic oxidation sites excluding steroid dienone is 2. The van der Waals surface area contributed by atoms with E-state index in [0.29, 0.717) is 6.42 Å². The average Bonchev–Trinajstić information content (AvgIpc) is 2.76. The number of benzene rings is 1. The van der Waals surface area contributed by atoms with Gasteiger partial charge in [0.1, 0.15) is 17.4 Å². The number of ether oxygens (including phenoxy) is 3. The number of hydrogen-bond acceptors (Lipinski definition) is 7. The van der Waals surface area contributed by atoms with Gasteiger partial charge >= 0.3 is 12.5 Å². The molecule has 0 bridgehead atoms. The second kappa shape index (κ2) is 13.0. The van der Waals surface area contributed by atoms with Crippen molar-refractivity contribution in [3.05, 3.63) is 62.8 Å². The number of carbonyl (C=O) groups is 1. The molecule has 1 aromatic carbocycles. The predicted molar refractivity (Wildman–Crippen MR) is 122 cm³/mol. The van der Waals surface area contributed by atoms with Crippen LogP contribution in [0.1, 0.15) is 77.2 Å². The van der Waals surface area contributed by atoms with Crippen LogP contribution in [0.25, 0.3) is 0 Å². The van der Waals surface area contributed by atoms with Crippen molar-refractivity contribution in [2.75, 3.05) is 6.61 Å². The zero-order valence-corrected chi connectivity index (χ0v) is 20.1. The van der Waals surface area contributed by atoms with Crippen LogP contribution in [0.4, 0.5) is 18.0 Å². The quantitative estimate of drug-likeness (QED) is 0.144. The summed E-state index contributed by atoms with van der Waals surface area (Å²) in [6.45, 7) is 5.15. The maximum absolute atomic E-state index is 13.0. The summed E-state index contributed by atoms with van der Waals surface area (Å²) in [6, 6.07) is 5.03. The van der Waals surface area contributed by atoms with Gasteiger partial charge in [-0.2, -0.15) is 0 Å². The Balaban J connectivity index is 2.20. The second-order valence-electron chi connectivity index (χ2n) is 8.22. The topological polar surface area (TPSA) is 99.9 Å². The largest absolute Gasteiger partial charge is 0.573 e. The molecule has 11 heteroatoms. The van der Waals surface area contributed by atoms with E-state index < -0.39 is 34.8 Å². The summed E-state index contributed by atoms with van der Waals surface area (Å²) in [5.41, 5.74) is -0.314. The first-order chi connectivity index (χ1) is 16.5. The maximum Gasteiger partial charge on any atom is 0.573 e. The number of dihydropyridines is 1. The Hall–Kier alpha value is -3.24. The third-order valence-electron chi connectivity index (χ3n) is 5.48. The van der Waals surface area contributed by atoms with E-state index in [9.17, 15) is 28.1 Å². The lowest BCUT2D eigenvalue weighted by molar-refractivity contribution is -0.431. The minimum atomic E-state index is -5.02. The van der Waals surface area contributed by atoms with Crippen molar-refractivity contribution in [1.29, 1.82) is 0 Å². The van der Waals surface area contributed by atoms with Crippen molar-refractivity contribution in [2.45, 2.75) is 78.0 Å². The van der Waals surface area contributed by atoms with Crippen LogP contribution in [0, 0.1) is 10.1 Å². The van der Waals surface area contributed by atoms with E-state index in [1.54, 1.807) is 0 Å². The highest BCUT2D eigenvalue weighted by Gasteiger charge is 2.43. The number of nitro groups is 1. The molecule has 0 saturated heterocycles. The van der Waals surface area contributed by atoms with Crippen molar-refractivity contribution in [2.24, 2.45) is 0 Å². The lowest BCUT2D eigenvalue weighted by Crippen LogP contribution is -2.30. The summed E-state index contributed by atoms with van der Waals surface area (Å²) in [7, 11) is 0. The van der Waals surface area contributed by atoms with Crippen LogP contribution in [-0.2, 0) is 9.47 Å². The Morgan fingerprint density at radius 2 is 1.69 bits per heavy atom. The minimum Gasteiger partial charge on any atom is -0.434 e. The van der Waals surface area contributed by atoms with E-state index >= 15 is 0 Å². The number of hydrogen-bond donors (Lipinski definition) is 1. The third-order valence-corrected chi connectivity index (χ3v) is 5.48. The molecule has 1 heterocycles. The highest BCUT2D eigenvalue weighted by Crippen LogP contribution is 2.43. The zero-order valence-electron chi connectivity index (χ0n) is 20.1. The molecule has 0 fully saturated rings. The molecule has 1 aliphatic rings. The van der Waals surface area contributed by atoms with Crippen LogP contribution in [0.15, 0.2) is 47.1 Å². The highest BCUT2D eigenvalue weighted by molar-refractivity contribution is 5.63. The van der Waals surface area contributed by atoms with E-state index in [1.807, 2.05) is 0 Å². The van der Waals surface area contributed by atoms with Gasteiger partial charge in [-0.1, -0.05) is 63.6 Å². The van der Waals surface area contributed by atoms with E-state index in [0.717, 1.165) is 38.2 Å². The van der Waals surface area contributed by atoms with Gasteiger partial charge in [-0.25, -0.2) is 4.79 Å².